The van der Waals surface area contributed by atoms with Gasteiger partial charge in [-0.1, -0.05) is 31.0 Å². The molecule has 3 rings (SSSR count). The minimum Gasteiger partial charge on any atom is -0.361 e. The molecular weight excluding hydrogens is 274 g/mol. The molecule has 0 saturated carbocycles. The molecule has 1 saturated heterocycles. The van der Waals surface area contributed by atoms with Gasteiger partial charge in [-0.15, -0.1) is 0 Å². The lowest BCUT2D eigenvalue weighted by molar-refractivity contribution is 0.183. The van der Waals surface area contributed by atoms with Crippen molar-refractivity contribution in [3.63, 3.8) is 0 Å². The van der Waals surface area contributed by atoms with Gasteiger partial charge in [0.1, 0.15) is 11.5 Å². The average molecular weight is 299 g/mol. The first kappa shape index (κ1) is 15.2. The van der Waals surface area contributed by atoms with E-state index >= 15 is 0 Å². The second kappa shape index (κ2) is 7.54. The summed E-state index contributed by atoms with van der Waals surface area (Å²) in [4.78, 5) is 6.78. The Labute approximate surface area is 132 Å². The maximum absolute atomic E-state index is 5.51. The molecule has 1 aliphatic rings. The highest BCUT2D eigenvalue weighted by molar-refractivity contribution is 5.13. The third kappa shape index (κ3) is 3.74. The van der Waals surface area contributed by atoms with Crippen LogP contribution in [0.1, 0.15) is 62.1 Å². The number of likely N-dealkylation sites (tertiary alicyclic amines) is 1. The minimum absolute atomic E-state index is 0.372. The third-order valence-corrected chi connectivity index (χ3v) is 4.39. The van der Waals surface area contributed by atoms with Crippen molar-refractivity contribution in [3.05, 3.63) is 47.6 Å². The summed E-state index contributed by atoms with van der Waals surface area (Å²) in [6.07, 6.45) is 10.9. The van der Waals surface area contributed by atoms with Gasteiger partial charge in [0, 0.05) is 31.4 Å². The molecule has 1 aliphatic heterocycles. The van der Waals surface area contributed by atoms with E-state index in [1.54, 1.807) is 0 Å². The van der Waals surface area contributed by atoms with E-state index in [1.165, 1.54) is 31.2 Å². The molecule has 2 aromatic heterocycles. The van der Waals surface area contributed by atoms with Crippen LogP contribution in [0.3, 0.4) is 0 Å². The highest BCUT2D eigenvalue weighted by atomic mass is 16.5. The molecule has 118 valence electrons. The zero-order valence-electron chi connectivity index (χ0n) is 13.4. The van der Waals surface area contributed by atoms with Gasteiger partial charge < -0.3 is 4.52 Å². The Balaban J connectivity index is 1.77. The van der Waals surface area contributed by atoms with Gasteiger partial charge in [0.25, 0.3) is 0 Å². The lowest BCUT2D eigenvalue weighted by atomic mass is 10.1. The zero-order chi connectivity index (χ0) is 15.2. The van der Waals surface area contributed by atoms with E-state index in [9.17, 15) is 0 Å². The third-order valence-electron chi connectivity index (χ3n) is 4.39. The van der Waals surface area contributed by atoms with Crippen LogP contribution in [0.2, 0.25) is 0 Å². The standard InChI is InChI=1S/C18H25N3O/c1-2-7-16-12-17(20-22-16)18-9-4-3-5-11-21(18)14-15-8-6-10-19-13-15/h6,8,10,12-13,18H,2-5,7,9,11,14H2,1H3/t18-/m1/s1. The van der Waals surface area contributed by atoms with E-state index in [0.717, 1.165) is 37.4 Å². The molecule has 2 aromatic rings. The van der Waals surface area contributed by atoms with Gasteiger partial charge in [-0.05, 0) is 37.4 Å². The quantitative estimate of drug-likeness (QED) is 0.832. The molecule has 0 radical (unpaired) electrons. The van der Waals surface area contributed by atoms with Crippen LogP contribution in [0.5, 0.6) is 0 Å². The fourth-order valence-corrected chi connectivity index (χ4v) is 3.27. The lowest BCUT2D eigenvalue weighted by Crippen LogP contribution is -2.28. The fraction of sp³-hybridized carbons (Fsp3) is 0.556. The van der Waals surface area contributed by atoms with Gasteiger partial charge in [0.15, 0.2) is 0 Å². The summed E-state index contributed by atoms with van der Waals surface area (Å²) in [7, 11) is 0. The molecule has 0 amide bonds. The molecule has 0 aliphatic carbocycles. The van der Waals surface area contributed by atoms with Crippen molar-refractivity contribution in [3.8, 4) is 0 Å². The lowest BCUT2D eigenvalue weighted by Gasteiger charge is -2.28. The van der Waals surface area contributed by atoms with Crippen molar-refractivity contribution in [1.82, 2.24) is 15.0 Å². The molecule has 1 atom stereocenters. The molecular formula is C18H25N3O. The van der Waals surface area contributed by atoms with Gasteiger partial charge in [-0.2, -0.15) is 0 Å². The van der Waals surface area contributed by atoms with Gasteiger partial charge >= 0.3 is 0 Å². The maximum atomic E-state index is 5.51. The van der Waals surface area contributed by atoms with E-state index in [4.69, 9.17) is 4.52 Å². The van der Waals surface area contributed by atoms with Crippen LogP contribution in [0.4, 0.5) is 0 Å². The summed E-state index contributed by atoms with van der Waals surface area (Å²) in [5.41, 5.74) is 2.38. The van der Waals surface area contributed by atoms with Gasteiger partial charge in [-0.3, -0.25) is 9.88 Å². The normalized spacial score (nSPS) is 20.0. The number of nitrogens with zero attached hydrogens (tertiary/aromatic N) is 3. The number of hydrogen-bond donors (Lipinski definition) is 0. The first-order valence-corrected chi connectivity index (χ1v) is 8.45. The van der Waals surface area contributed by atoms with Crippen molar-refractivity contribution in [2.75, 3.05) is 6.54 Å². The van der Waals surface area contributed by atoms with Crippen molar-refractivity contribution < 1.29 is 4.52 Å². The number of aryl methyl sites for hydroxylation is 1. The Morgan fingerprint density at radius 3 is 3.09 bits per heavy atom. The van der Waals surface area contributed by atoms with Crippen LogP contribution in [0.25, 0.3) is 0 Å². The van der Waals surface area contributed by atoms with Crippen LogP contribution in [-0.4, -0.2) is 21.6 Å². The summed E-state index contributed by atoms with van der Waals surface area (Å²) in [6.45, 7) is 4.23. The van der Waals surface area contributed by atoms with Crippen LogP contribution < -0.4 is 0 Å². The predicted octanol–water partition coefficient (Wildman–Crippen LogP) is 4.14. The van der Waals surface area contributed by atoms with Crippen molar-refractivity contribution >= 4 is 0 Å². The van der Waals surface area contributed by atoms with Crippen LogP contribution in [-0.2, 0) is 13.0 Å². The largest absolute Gasteiger partial charge is 0.361 e. The molecule has 0 aromatic carbocycles. The van der Waals surface area contributed by atoms with Crippen LogP contribution in [0.15, 0.2) is 35.1 Å². The van der Waals surface area contributed by atoms with Crippen LogP contribution in [0, 0.1) is 0 Å². The molecule has 3 heterocycles. The molecule has 4 heteroatoms. The van der Waals surface area contributed by atoms with Crippen molar-refractivity contribution in [1.29, 1.82) is 0 Å². The first-order valence-electron chi connectivity index (χ1n) is 8.45. The molecule has 1 fully saturated rings. The SMILES string of the molecule is CCCc1cc([C@H]2CCCCCN2Cc2cccnc2)no1. The number of hydrogen-bond acceptors (Lipinski definition) is 4. The fourth-order valence-electron chi connectivity index (χ4n) is 3.27. The molecule has 0 unspecified atom stereocenters. The van der Waals surface area contributed by atoms with E-state index in [-0.39, 0.29) is 0 Å². The summed E-state index contributed by atoms with van der Waals surface area (Å²) < 4.78 is 5.51. The summed E-state index contributed by atoms with van der Waals surface area (Å²) >= 11 is 0. The average Bonchev–Trinajstić information content (AvgIpc) is 2.88. The molecule has 22 heavy (non-hydrogen) atoms. The predicted molar refractivity (Wildman–Crippen MR) is 86.4 cm³/mol. The van der Waals surface area contributed by atoms with E-state index < -0.39 is 0 Å². The molecule has 0 spiro atoms. The minimum atomic E-state index is 0.372. The van der Waals surface area contributed by atoms with Crippen molar-refractivity contribution in [2.45, 2.75) is 58.0 Å². The van der Waals surface area contributed by atoms with Gasteiger partial charge in [-0.25, -0.2) is 0 Å². The Morgan fingerprint density at radius 2 is 2.27 bits per heavy atom. The Bertz CT molecular complexity index is 567. The second-order valence-electron chi connectivity index (χ2n) is 6.16. The highest BCUT2D eigenvalue weighted by Gasteiger charge is 2.25. The van der Waals surface area contributed by atoms with E-state index in [2.05, 4.69) is 34.1 Å². The zero-order valence-corrected chi connectivity index (χ0v) is 13.4. The highest BCUT2D eigenvalue weighted by Crippen LogP contribution is 2.31. The Morgan fingerprint density at radius 1 is 1.32 bits per heavy atom. The summed E-state index contributed by atoms with van der Waals surface area (Å²) in [5.74, 6) is 1.02. The van der Waals surface area contributed by atoms with Gasteiger partial charge in [0.2, 0.25) is 0 Å². The van der Waals surface area contributed by atoms with Crippen LogP contribution >= 0.6 is 0 Å². The summed E-state index contributed by atoms with van der Waals surface area (Å²) in [5, 5.41) is 4.36. The smallest absolute Gasteiger partial charge is 0.137 e. The second-order valence-corrected chi connectivity index (χ2v) is 6.16. The van der Waals surface area contributed by atoms with E-state index in [0.29, 0.717) is 6.04 Å². The number of rotatable bonds is 5. The molecule has 0 bridgehead atoms. The Kier molecular flexibility index (Phi) is 5.22. The van der Waals surface area contributed by atoms with E-state index in [1.807, 2.05) is 18.5 Å². The topological polar surface area (TPSA) is 42.2 Å². The Hall–Kier alpha value is -1.68. The monoisotopic (exact) mass is 299 g/mol. The molecule has 0 N–H and O–H groups in total. The van der Waals surface area contributed by atoms with Crippen molar-refractivity contribution in [2.24, 2.45) is 0 Å². The number of pyridine rings is 1. The maximum Gasteiger partial charge on any atom is 0.137 e. The van der Waals surface area contributed by atoms with Gasteiger partial charge in [0.05, 0.1) is 6.04 Å². The first-order chi connectivity index (χ1) is 10.9. The molecule has 4 nitrogen and oxygen atoms in total. The number of aromatic nitrogens is 2. The summed E-state index contributed by atoms with van der Waals surface area (Å²) in [6, 6.07) is 6.70.